The van der Waals surface area contributed by atoms with E-state index in [1.807, 2.05) is 26.0 Å². The zero-order chi connectivity index (χ0) is 21.0. The van der Waals surface area contributed by atoms with Crippen LogP contribution in [-0.4, -0.2) is 25.9 Å². The maximum Gasteiger partial charge on any atom is 0.263 e. The molecule has 0 aliphatic carbocycles. The molecule has 3 aromatic rings. The first-order chi connectivity index (χ1) is 13.7. The van der Waals surface area contributed by atoms with Crippen LogP contribution in [0.5, 0.6) is 5.75 Å². The number of rotatable bonds is 7. The third-order valence-corrected chi connectivity index (χ3v) is 6.51. The van der Waals surface area contributed by atoms with E-state index in [0.717, 1.165) is 15.6 Å². The third kappa shape index (κ3) is 5.55. The second kappa shape index (κ2) is 8.93. The van der Waals surface area contributed by atoms with Gasteiger partial charge in [0.25, 0.3) is 15.9 Å². The van der Waals surface area contributed by atoms with Gasteiger partial charge in [-0.25, -0.2) is 13.4 Å². The Morgan fingerprint density at radius 1 is 1.17 bits per heavy atom. The average molecular weight is 496 g/mol. The van der Waals surface area contributed by atoms with Crippen molar-refractivity contribution in [2.45, 2.75) is 18.7 Å². The van der Waals surface area contributed by atoms with Crippen LogP contribution >= 0.6 is 27.3 Å². The van der Waals surface area contributed by atoms with Gasteiger partial charge in [-0.15, -0.1) is 11.3 Å². The first-order valence-electron chi connectivity index (χ1n) is 8.46. The summed E-state index contributed by atoms with van der Waals surface area (Å²) < 4.78 is 33.6. The summed E-state index contributed by atoms with van der Waals surface area (Å²) in [6, 6.07) is 9.69. The van der Waals surface area contributed by atoms with Crippen molar-refractivity contribution >= 4 is 54.0 Å². The molecule has 7 nitrogen and oxygen atoms in total. The number of ether oxygens (including phenoxy) is 1. The number of halogens is 1. The molecule has 0 fully saturated rings. The zero-order valence-electron chi connectivity index (χ0n) is 15.6. The fourth-order valence-electron chi connectivity index (χ4n) is 2.63. The van der Waals surface area contributed by atoms with Gasteiger partial charge < -0.3 is 10.1 Å². The van der Waals surface area contributed by atoms with Crippen molar-refractivity contribution in [1.82, 2.24) is 4.98 Å². The predicted octanol–water partition coefficient (Wildman–Crippen LogP) is 4.34. The number of carbonyl (C=O) groups excluding carboxylic acids is 1. The number of aryl methyl sites for hydroxylation is 2. The van der Waals surface area contributed by atoms with Gasteiger partial charge in [0.2, 0.25) is 0 Å². The number of amides is 1. The van der Waals surface area contributed by atoms with Crippen LogP contribution in [0.15, 0.2) is 57.3 Å². The largest absolute Gasteiger partial charge is 0.483 e. The summed E-state index contributed by atoms with van der Waals surface area (Å²) in [4.78, 5) is 16.2. The van der Waals surface area contributed by atoms with Gasteiger partial charge in [0, 0.05) is 21.7 Å². The summed E-state index contributed by atoms with van der Waals surface area (Å²) in [5.74, 6) is 0.321. The van der Waals surface area contributed by atoms with Gasteiger partial charge >= 0.3 is 0 Å². The van der Waals surface area contributed by atoms with Gasteiger partial charge in [0.15, 0.2) is 11.7 Å². The Hall–Kier alpha value is -2.43. The van der Waals surface area contributed by atoms with E-state index in [1.165, 1.54) is 41.8 Å². The van der Waals surface area contributed by atoms with Crippen LogP contribution in [0.2, 0.25) is 0 Å². The van der Waals surface area contributed by atoms with E-state index in [2.05, 4.69) is 31.0 Å². The Bertz CT molecular complexity index is 1090. The molecule has 0 aliphatic heterocycles. The van der Waals surface area contributed by atoms with E-state index >= 15 is 0 Å². The molecule has 1 aromatic heterocycles. The molecule has 2 N–H and O–H groups in total. The summed E-state index contributed by atoms with van der Waals surface area (Å²) >= 11 is 4.61. The maximum atomic E-state index is 12.3. The van der Waals surface area contributed by atoms with Gasteiger partial charge in [0.05, 0.1) is 4.90 Å². The van der Waals surface area contributed by atoms with Crippen molar-refractivity contribution in [3.63, 3.8) is 0 Å². The van der Waals surface area contributed by atoms with E-state index in [0.29, 0.717) is 11.4 Å². The minimum Gasteiger partial charge on any atom is -0.483 e. The molecule has 0 atom stereocenters. The minimum absolute atomic E-state index is 0.0723. The summed E-state index contributed by atoms with van der Waals surface area (Å²) in [6.45, 7) is 3.66. The molecular formula is C19H18BrN3O4S2. The molecule has 0 unspecified atom stereocenters. The van der Waals surface area contributed by atoms with Crippen LogP contribution in [0, 0.1) is 13.8 Å². The number of nitrogens with one attached hydrogen (secondary N) is 2. The van der Waals surface area contributed by atoms with Gasteiger partial charge in [0.1, 0.15) is 5.75 Å². The number of anilines is 2. The Morgan fingerprint density at radius 3 is 2.41 bits per heavy atom. The maximum absolute atomic E-state index is 12.3. The number of thiazole rings is 1. The standard InChI is InChI=1S/C19H18BrN3O4S2/c1-12-9-14(20)10-13(2)18(12)27-11-17(24)22-15-3-5-16(6-4-15)29(25,26)23-19-21-7-8-28-19/h3-10H,11H2,1-2H3,(H,21,23)(H,22,24). The van der Waals surface area contributed by atoms with Crippen LogP contribution in [0.4, 0.5) is 10.8 Å². The van der Waals surface area contributed by atoms with Crippen LogP contribution in [0.1, 0.15) is 11.1 Å². The number of hydrogen-bond donors (Lipinski definition) is 2. The zero-order valence-corrected chi connectivity index (χ0v) is 18.8. The van der Waals surface area contributed by atoms with Crippen molar-refractivity contribution < 1.29 is 17.9 Å². The highest BCUT2D eigenvalue weighted by molar-refractivity contribution is 9.10. The molecule has 10 heteroatoms. The lowest BCUT2D eigenvalue weighted by Gasteiger charge is -2.13. The molecule has 0 spiro atoms. The second-order valence-corrected chi connectivity index (χ2v) is 9.67. The highest BCUT2D eigenvalue weighted by Gasteiger charge is 2.16. The Labute approximate surface area is 181 Å². The second-order valence-electron chi connectivity index (χ2n) is 6.17. The molecule has 0 radical (unpaired) electrons. The van der Waals surface area contributed by atoms with Crippen molar-refractivity contribution in [2.24, 2.45) is 0 Å². The average Bonchev–Trinajstić information content (AvgIpc) is 3.13. The Morgan fingerprint density at radius 2 is 1.83 bits per heavy atom. The molecule has 29 heavy (non-hydrogen) atoms. The number of aromatic nitrogens is 1. The van der Waals surface area contributed by atoms with E-state index in [-0.39, 0.29) is 22.5 Å². The first kappa shape index (κ1) is 21.3. The van der Waals surface area contributed by atoms with Crippen LogP contribution < -0.4 is 14.8 Å². The molecule has 152 valence electrons. The van der Waals surface area contributed by atoms with Gasteiger partial charge in [-0.3, -0.25) is 9.52 Å². The molecular weight excluding hydrogens is 478 g/mol. The van der Waals surface area contributed by atoms with Crippen LogP contribution in [-0.2, 0) is 14.8 Å². The number of benzene rings is 2. The van der Waals surface area contributed by atoms with Crippen molar-refractivity contribution in [2.75, 3.05) is 16.6 Å². The first-order valence-corrected chi connectivity index (χ1v) is 11.6. The van der Waals surface area contributed by atoms with E-state index in [4.69, 9.17) is 4.74 Å². The normalized spacial score (nSPS) is 11.1. The Balaban J connectivity index is 1.60. The smallest absolute Gasteiger partial charge is 0.263 e. The van der Waals surface area contributed by atoms with Crippen molar-refractivity contribution in [1.29, 1.82) is 0 Å². The molecule has 0 saturated carbocycles. The predicted molar refractivity (Wildman–Crippen MR) is 117 cm³/mol. The number of hydrogen-bond acceptors (Lipinski definition) is 6. The highest BCUT2D eigenvalue weighted by atomic mass is 79.9. The third-order valence-electron chi connectivity index (χ3n) is 3.88. The molecule has 2 aromatic carbocycles. The van der Waals surface area contributed by atoms with Crippen molar-refractivity contribution in [3.05, 3.63) is 63.6 Å². The number of carbonyl (C=O) groups is 1. The van der Waals surface area contributed by atoms with Gasteiger partial charge in [-0.2, -0.15) is 0 Å². The molecule has 0 aliphatic rings. The van der Waals surface area contributed by atoms with Gasteiger partial charge in [-0.1, -0.05) is 15.9 Å². The van der Waals surface area contributed by atoms with Crippen LogP contribution in [0.25, 0.3) is 0 Å². The summed E-state index contributed by atoms with van der Waals surface area (Å²) in [7, 11) is -3.73. The lowest BCUT2D eigenvalue weighted by atomic mass is 10.1. The van der Waals surface area contributed by atoms with E-state index in [9.17, 15) is 13.2 Å². The Kier molecular flexibility index (Phi) is 6.56. The summed E-state index contributed by atoms with van der Waals surface area (Å²) in [5, 5.41) is 4.65. The number of nitrogens with zero attached hydrogens (tertiary/aromatic N) is 1. The van der Waals surface area contributed by atoms with Crippen molar-refractivity contribution in [3.8, 4) is 5.75 Å². The summed E-state index contributed by atoms with van der Waals surface area (Å²) in [6.07, 6.45) is 1.51. The monoisotopic (exact) mass is 495 g/mol. The summed E-state index contributed by atoms with van der Waals surface area (Å²) in [5.41, 5.74) is 2.31. The van der Waals surface area contributed by atoms with Gasteiger partial charge in [-0.05, 0) is 61.4 Å². The fraction of sp³-hybridized carbons (Fsp3) is 0.158. The molecule has 0 saturated heterocycles. The quantitative estimate of drug-likeness (QED) is 0.507. The number of sulfonamides is 1. The highest BCUT2D eigenvalue weighted by Crippen LogP contribution is 2.27. The SMILES string of the molecule is Cc1cc(Br)cc(C)c1OCC(=O)Nc1ccc(S(=O)(=O)Nc2nccs2)cc1. The minimum atomic E-state index is -3.73. The lowest BCUT2D eigenvalue weighted by molar-refractivity contribution is -0.118. The van der Waals surface area contributed by atoms with Crippen LogP contribution in [0.3, 0.4) is 0 Å². The molecule has 1 heterocycles. The molecule has 1 amide bonds. The fourth-order valence-corrected chi connectivity index (χ4v) is 5.10. The molecule has 0 bridgehead atoms. The topological polar surface area (TPSA) is 97.4 Å². The molecule has 3 rings (SSSR count). The van der Waals surface area contributed by atoms with E-state index < -0.39 is 10.0 Å². The van der Waals surface area contributed by atoms with E-state index in [1.54, 1.807) is 5.38 Å². The lowest BCUT2D eigenvalue weighted by Crippen LogP contribution is -2.20.